The molecule has 1 atom stereocenters. The summed E-state index contributed by atoms with van der Waals surface area (Å²) in [6.45, 7) is 0. The number of hydrogen-bond acceptors (Lipinski definition) is 6. The second kappa shape index (κ2) is 7.77. The topological polar surface area (TPSA) is 109 Å². The molecule has 2 N–H and O–H groups in total. The lowest BCUT2D eigenvalue weighted by molar-refractivity contribution is -0.155. The third-order valence-corrected chi connectivity index (χ3v) is 5.40. The van der Waals surface area contributed by atoms with Gasteiger partial charge in [-0.15, -0.1) is 11.3 Å². The number of carbonyl (C=O) groups is 3. The highest BCUT2D eigenvalue weighted by Crippen LogP contribution is 2.23. The molecule has 1 unspecified atom stereocenters. The molecule has 8 heteroatoms. The summed E-state index contributed by atoms with van der Waals surface area (Å²) < 4.78 is 5.25. The summed E-state index contributed by atoms with van der Waals surface area (Å²) in [7, 11) is 0. The molecule has 2 aromatic rings. The Bertz CT molecular complexity index is 847. The summed E-state index contributed by atoms with van der Waals surface area (Å²) in [4.78, 5) is 53.0. The lowest BCUT2D eigenvalue weighted by Crippen LogP contribution is -2.26. The first kappa shape index (κ1) is 17.6. The van der Waals surface area contributed by atoms with Crippen molar-refractivity contribution in [2.75, 3.05) is 0 Å². The van der Waals surface area contributed by atoms with E-state index in [0.717, 1.165) is 28.8 Å². The van der Waals surface area contributed by atoms with Crippen LogP contribution in [0.3, 0.4) is 0 Å². The molecule has 0 saturated heterocycles. The SMILES string of the molecule is O=C1CCC(=O)C(OC(=O)CCCCc2scc3[nH]c(=O)[nH]c23)CC1. The minimum absolute atomic E-state index is 0.0527. The van der Waals surface area contributed by atoms with Crippen LogP contribution >= 0.6 is 11.3 Å². The highest BCUT2D eigenvalue weighted by molar-refractivity contribution is 7.11. The average Bonchev–Trinajstić information content (AvgIpc) is 3.07. The fraction of sp³-hybridized carbons (Fsp3) is 0.529. The molecule has 2 aromatic heterocycles. The maximum absolute atomic E-state index is 11.9. The molecular formula is C17H20N2O5S. The molecule has 0 aromatic carbocycles. The number of aromatic nitrogens is 2. The maximum Gasteiger partial charge on any atom is 0.323 e. The van der Waals surface area contributed by atoms with Crippen LogP contribution in [0.15, 0.2) is 10.2 Å². The van der Waals surface area contributed by atoms with Gasteiger partial charge in [0.15, 0.2) is 11.9 Å². The van der Waals surface area contributed by atoms with E-state index in [2.05, 4.69) is 9.97 Å². The van der Waals surface area contributed by atoms with Crippen LogP contribution in [-0.2, 0) is 25.5 Å². The number of nitrogens with one attached hydrogen (secondary N) is 2. The van der Waals surface area contributed by atoms with Gasteiger partial charge in [0.1, 0.15) is 5.78 Å². The van der Waals surface area contributed by atoms with Crippen molar-refractivity contribution in [1.82, 2.24) is 9.97 Å². The summed E-state index contributed by atoms with van der Waals surface area (Å²) in [6, 6.07) is 0. The Balaban J connectivity index is 1.42. The van der Waals surface area contributed by atoms with Gasteiger partial charge in [-0.25, -0.2) is 4.79 Å². The molecule has 1 aliphatic carbocycles. The van der Waals surface area contributed by atoms with Crippen LogP contribution in [0.1, 0.15) is 49.8 Å². The van der Waals surface area contributed by atoms with Gasteiger partial charge in [-0.2, -0.15) is 0 Å². The molecular weight excluding hydrogens is 344 g/mol. The number of imidazole rings is 1. The molecule has 0 aliphatic heterocycles. The zero-order valence-corrected chi connectivity index (χ0v) is 14.6. The summed E-state index contributed by atoms with van der Waals surface area (Å²) >= 11 is 1.57. The molecule has 0 amide bonds. The minimum atomic E-state index is -0.763. The number of ether oxygens (including phenoxy) is 1. The van der Waals surface area contributed by atoms with E-state index in [1.165, 1.54) is 0 Å². The Morgan fingerprint density at radius 3 is 2.84 bits per heavy atom. The lowest BCUT2D eigenvalue weighted by atomic mass is 10.1. The predicted octanol–water partition coefficient (Wildman–Crippen LogP) is 2.25. The maximum atomic E-state index is 11.9. The summed E-state index contributed by atoms with van der Waals surface area (Å²) in [5.41, 5.74) is 1.44. The first-order valence-electron chi connectivity index (χ1n) is 8.45. The fourth-order valence-electron chi connectivity index (χ4n) is 2.98. The summed E-state index contributed by atoms with van der Waals surface area (Å²) in [6.07, 6.45) is 2.71. The van der Waals surface area contributed by atoms with Gasteiger partial charge in [0.25, 0.3) is 0 Å². The smallest absolute Gasteiger partial charge is 0.323 e. The molecule has 0 bridgehead atoms. The van der Waals surface area contributed by atoms with Gasteiger partial charge < -0.3 is 14.7 Å². The molecule has 1 fully saturated rings. The van der Waals surface area contributed by atoms with E-state index in [0.29, 0.717) is 19.3 Å². The van der Waals surface area contributed by atoms with Gasteiger partial charge in [-0.3, -0.25) is 14.4 Å². The monoisotopic (exact) mass is 364 g/mol. The first-order valence-corrected chi connectivity index (χ1v) is 9.33. The van der Waals surface area contributed by atoms with Crippen molar-refractivity contribution in [2.45, 2.75) is 57.5 Å². The van der Waals surface area contributed by atoms with Crippen molar-refractivity contribution in [2.24, 2.45) is 0 Å². The van der Waals surface area contributed by atoms with Gasteiger partial charge >= 0.3 is 11.7 Å². The van der Waals surface area contributed by atoms with Crippen molar-refractivity contribution in [3.63, 3.8) is 0 Å². The van der Waals surface area contributed by atoms with Crippen LogP contribution in [-0.4, -0.2) is 33.6 Å². The van der Waals surface area contributed by atoms with E-state index in [-0.39, 0.29) is 42.5 Å². The van der Waals surface area contributed by atoms with E-state index >= 15 is 0 Å². The number of rotatable bonds is 6. The molecule has 1 aliphatic rings. The van der Waals surface area contributed by atoms with Crippen molar-refractivity contribution in [3.05, 3.63) is 20.7 Å². The highest BCUT2D eigenvalue weighted by atomic mass is 32.1. The lowest BCUT2D eigenvalue weighted by Gasteiger charge is -2.13. The number of H-pyrrole nitrogens is 2. The number of Topliss-reactive ketones (excluding diaryl/α,β-unsaturated/α-hetero) is 2. The van der Waals surface area contributed by atoms with Crippen molar-refractivity contribution < 1.29 is 19.1 Å². The number of aromatic amines is 2. The largest absolute Gasteiger partial charge is 0.454 e. The Labute approximate surface area is 147 Å². The number of carbonyl (C=O) groups excluding carboxylic acids is 3. The molecule has 0 radical (unpaired) electrons. The van der Waals surface area contributed by atoms with Crippen molar-refractivity contribution in [3.8, 4) is 0 Å². The second-order valence-electron chi connectivity index (χ2n) is 6.26. The molecule has 25 heavy (non-hydrogen) atoms. The molecule has 2 heterocycles. The van der Waals surface area contributed by atoms with Crippen LogP contribution < -0.4 is 5.69 Å². The predicted molar refractivity (Wildman–Crippen MR) is 92.7 cm³/mol. The zero-order chi connectivity index (χ0) is 17.8. The van der Waals surface area contributed by atoms with Crippen LogP contribution in [0.25, 0.3) is 11.0 Å². The van der Waals surface area contributed by atoms with Gasteiger partial charge in [-0.1, -0.05) is 0 Å². The van der Waals surface area contributed by atoms with Crippen LogP contribution in [0.2, 0.25) is 0 Å². The normalized spacial score (nSPS) is 18.5. The fourth-order valence-corrected chi connectivity index (χ4v) is 3.95. The number of unbranched alkanes of at least 4 members (excludes halogenated alkanes) is 1. The Morgan fingerprint density at radius 1 is 1.16 bits per heavy atom. The third-order valence-electron chi connectivity index (χ3n) is 4.36. The van der Waals surface area contributed by atoms with Crippen molar-refractivity contribution >= 4 is 39.9 Å². The number of esters is 1. The zero-order valence-electron chi connectivity index (χ0n) is 13.8. The Hall–Kier alpha value is -2.22. The quantitative estimate of drug-likeness (QED) is 0.464. The average molecular weight is 364 g/mol. The van der Waals surface area contributed by atoms with E-state index in [1.807, 2.05) is 5.38 Å². The van der Waals surface area contributed by atoms with E-state index < -0.39 is 6.10 Å². The Kier molecular flexibility index (Phi) is 5.47. The van der Waals surface area contributed by atoms with Crippen LogP contribution in [0.4, 0.5) is 0 Å². The summed E-state index contributed by atoms with van der Waals surface area (Å²) in [5.74, 6) is -0.493. The van der Waals surface area contributed by atoms with Gasteiger partial charge in [-0.05, 0) is 25.7 Å². The standard InChI is InChI=1S/C17H20N2O5S/c20-10-5-7-12(21)13(8-6-10)24-15(22)4-2-1-3-14-16-11(9-25-14)18-17(23)19-16/h9,13H,1-8H2,(H2,18,19,23). The van der Waals surface area contributed by atoms with Crippen molar-refractivity contribution in [1.29, 1.82) is 0 Å². The van der Waals surface area contributed by atoms with E-state index in [4.69, 9.17) is 4.74 Å². The molecule has 3 rings (SSSR count). The molecule has 7 nitrogen and oxygen atoms in total. The van der Waals surface area contributed by atoms with Gasteiger partial charge in [0, 0.05) is 35.9 Å². The Morgan fingerprint density at radius 2 is 2.00 bits per heavy atom. The second-order valence-corrected chi connectivity index (χ2v) is 7.22. The minimum Gasteiger partial charge on any atom is -0.454 e. The summed E-state index contributed by atoms with van der Waals surface area (Å²) in [5, 5.41) is 1.90. The number of aryl methyl sites for hydroxylation is 1. The van der Waals surface area contributed by atoms with E-state index in [1.54, 1.807) is 11.3 Å². The number of hydrogen-bond donors (Lipinski definition) is 2. The van der Waals surface area contributed by atoms with Crippen LogP contribution in [0, 0.1) is 0 Å². The molecule has 134 valence electrons. The first-order chi connectivity index (χ1) is 12.0. The molecule has 1 saturated carbocycles. The number of thiophene rings is 1. The number of ketones is 2. The highest BCUT2D eigenvalue weighted by Gasteiger charge is 2.27. The van der Waals surface area contributed by atoms with Crippen LogP contribution in [0.5, 0.6) is 0 Å². The number of fused-ring (bicyclic) bond motifs is 1. The molecule has 0 spiro atoms. The van der Waals surface area contributed by atoms with E-state index in [9.17, 15) is 19.2 Å². The third kappa shape index (κ3) is 4.45. The van der Waals surface area contributed by atoms with Gasteiger partial charge in [0.2, 0.25) is 0 Å². The van der Waals surface area contributed by atoms with Gasteiger partial charge in [0.05, 0.1) is 11.0 Å².